The number of rotatable bonds is 58. The molecular weight excluding hydrogens is 949 g/mol. The number of carbonyl (C=O) groups excluding carboxylic acids is 3. The summed E-state index contributed by atoms with van der Waals surface area (Å²) in [4.78, 5) is 38.3. The van der Waals surface area contributed by atoms with Crippen LogP contribution in [0.3, 0.4) is 0 Å². The third-order valence-corrected chi connectivity index (χ3v) is 13.7. The van der Waals surface area contributed by atoms with Crippen molar-refractivity contribution in [2.45, 2.75) is 309 Å². The predicted molar refractivity (Wildman–Crippen MR) is 334 cm³/mol. The second-order valence-corrected chi connectivity index (χ2v) is 21.3. The zero-order chi connectivity index (χ0) is 55.7. The van der Waals surface area contributed by atoms with Gasteiger partial charge in [-0.25, -0.2) is 0 Å². The molecule has 0 aliphatic heterocycles. The molecule has 1 atom stereocenters. The average Bonchev–Trinajstić information content (AvgIpc) is 3.43. The molecule has 0 spiro atoms. The lowest BCUT2D eigenvalue weighted by Gasteiger charge is -2.18. The fraction of sp³-hybridized carbons (Fsp3) is 0.704. The van der Waals surface area contributed by atoms with Crippen molar-refractivity contribution in [1.29, 1.82) is 0 Å². The summed E-state index contributed by atoms with van der Waals surface area (Å²) in [5.74, 6) is -0.905. The van der Waals surface area contributed by atoms with Gasteiger partial charge in [0.25, 0.3) is 0 Å². The van der Waals surface area contributed by atoms with E-state index in [9.17, 15) is 14.4 Å². The number of hydrogen-bond acceptors (Lipinski definition) is 6. The fourth-order valence-corrected chi connectivity index (χ4v) is 8.88. The standard InChI is InChI=1S/C71H120O6/c1-4-7-10-13-16-19-22-25-27-29-31-32-33-34-35-36-37-38-39-40-41-43-44-46-49-52-55-58-61-64-70(73)76-67-68(66-75-69(72)63-60-57-54-51-48-24-21-18-15-12-9-6-3)77-71(74)65-62-59-56-53-50-47-45-42-30-28-26-23-20-17-14-11-8-5-2/h7,10,16,18-19,21,25,27-28,30-32,34-35,37-38,40-41,68H,4-6,8-9,11-15,17,20,22-24,26,29,33,36,39,42-67H2,1-3H3/b10-7-,19-16-,21-18-,27-25-,30-28-,32-31-,35-34-,38-37-,41-40-. The number of ether oxygens (including phenoxy) is 3. The zero-order valence-corrected chi connectivity index (χ0v) is 50.4. The van der Waals surface area contributed by atoms with Crippen LogP contribution in [0.1, 0.15) is 303 Å². The minimum atomic E-state index is -0.790. The number of allylic oxidation sites excluding steroid dienone is 18. The number of hydrogen-bond donors (Lipinski definition) is 0. The Morgan fingerprint density at radius 3 is 0.831 bits per heavy atom. The van der Waals surface area contributed by atoms with E-state index in [0.29, 0.717) is 19.3 Å². The van der Waals surface area contributed by atoms with E-state index in [4.69, 9.17) is 14.2 Å². The van der Waals surface area contributed by atoms with Crippen molar-refractivity contribution in [2.75, 3.05) is 13.2 Å². The van der Waals surface area contributed by atoms with Crippen LogP contribution in [0.25, 0.3) is 0 Å². The Balaban J connectivity index is 4.32. The number of esters is 3. The van der Waals surface area contributed by atoms with Crippen molar-refractivity contribution in [3.8, 4) is 0 Å². The summed E-state index contributed by atoms with van der Waals surface area (Å²) < 4.78 is 16.9. The lowest BCUT2D eigenvalue weighted by atomic mass is 10.1. The quantitative estimate of drug-likeness (QED) is 0.0261. The highest BCUT2D eigenvalue weighted by Crippen LogP contribution is 2.15. The minimum Gasteiger partial charge on any atom is -0.462 e. The van der Waals surface area contributed by atoms with Gasteiger partial charge in [-0.05, 0) is 128 Å². The second-order valence-electron chi connectivity index (χ2n) is 21.3. The predicted octanol–water partition coefficient (Wildman–Crippen LogP) is 22.2. The highest BCUT2D eigenvalue weighted by atomic mass is 16.6. The maximum atomic E-state index is 12.9. The highest BCUT2D eigenvalue weighted by Gasteiger charge is 2.19. The Kier molecular flexibility index (Phi) is 61.3. The molecule has 0 fully saturated rings. The van der Waals surface area contributed by atoms with Crippen molar-refractivity contribution in [3.63, 3.8) is 0 Å². The zero-order valence-electron chi connectivity index (χ0n) is 50.4. The molecule has 0 aromatic heterocycles. The highest BCUT2D eigenvalue weighted by molar-refractivity contribution is 5.71. The molecule has 0 amide bonds. The molecule has 0 saturated carbocycles. The number of unbranched alkanes of at least 4 members (excludes halogenated alkanes) is 29. The molecule has 0 N–H and O–H groups in total. The van der Waals surface area contributed by atoms with Crippen LogP contribution in [0, 0.1) is 0 Å². The van der Waals surface area contributed by atoms with Crippen molar-refractivity contribution in [3.05, 3.63) is 109 Å². The summed E-state index contributed by atoms with van der Waals surface area (Å²) in [7, 11) is 0. The van der Waals surface area contributed by atoms with Gasteiger partial charge >= 0.3 is 17.9 Å². The molecule has 0 aromatic carbocycles. The van der Waals surface area contributed by atoms with Gasteiger partial charge in [0.05, 0.1) is 0 Å². The largest absolute Gasteiger partial charge is 0.462 e. The van der Waals surface area contributed by atoms with Crippen LogP contribution in [0.4, 0.5) is 0 Å². The normalized spacial score (nSPS) is 12.8. The summed E-state index contributed by atoms with van der Waals surface area (Å²) >= 11 is 0. The summed E-state index contributed by atoms with van der Waals surface area (Å²) in [6, 6.07) is 0. The Morgan fingerprint density at radius 2 is 0.506 bits per heavy atom. The van der Waals surface area contributed by atoms with Crippen LogP contribution in [-0.4, -0.2) is 37.2 Å². The van der Waals surface area contributed by atoms with Gasteiger partial charge in [-0.2, -0.15) is 0 Å². The molecule has 6 heteroatoms. The number of carbonyl (C=O) groups is 3. The second kappa shape index (κ2) is 64.6. The third kappa shape index (κ3) is 62.8. The molecule has 440 valence electrons. The third-order valence-electron chi connectivity index (χ3n) is 13.7. The molecule has 6 nitrogen and oxygen atoms in total. The first-order chi connectivity index (χ1) is 38.0. The Hall–Kier alpha value is -3.93. The van der Waals surface area contributed by atoms with Gasteiger partial charge in [-0.3, -0.25) is 14.4 Å². The van der Waals surface area contributed by atoms with E-state index >= 15 is 0 Å². The molecule has 0 radical (unpaired) electrons. The molecule has 0 rings (SSSR count). The first-order valence-electron chi connectivity index (χ1n) is 32.4. The van der Waals surface area contributed by atoms with E-state index in [2.05, 4.69) is 130 Å². The van der Waals surface area contributed by atoms with E-state index in [0.717, 1.165) is 116 Å². The molecular formula is C71H120O6. The fourth-order valence-electron chi connectivity index (χ4n) is 8.88. The monoisotopic (exact) mass is 1070 g/mol. The molecule has 0 aliphatic rings. The minimum absolute atomic E-state index is 0.0873. The van der Waals surface area contributed by atoms with Gasteiger partial charge in [0.1, 0.15) is 13.2 Å². The van der Waals surface area contributed by atoms with Gasteiger partial charge in [-0.1, -0.05) is 265 Å². The van der Waals surface area contributed by atoms with Crippen molar-refractivity contribution in [2.24, 2.45) is 0 Å². The first-order valence-corrected chi connectivity index (χ1v) is 32.4. The van der Waals surface area contributed by atoms with Gasteiger partial charge < -0.3 is 14.2 Å². The van der Waals surface area contributed by atoms with Crippen LogP contribution in [0.2, 0.25) is 0 Å². The molecule has 1 unspecified atom stereocenters. The van der Waals surface area contributed by atoms with Crippen LogP contribution in [-0.2, 0) is 28.6 Å². The maximum absolute atomic E-state index is 12.9. The van der Waals surface area contributed by atoms with E-state index in [1.54, 1.807) is 0 Å². The summed E-state index contributed by atoms with van der Waals surface area (Å²) in [5, 5.41) is 0. The Bertz CT molecular complexity index is 1560. The van der Waals surface area contributed by atoms with Crippen molar-refractivity contribution in [1.82, 2.24) is 0 Å². The molecule has 0 saturated heterocycles. The Morgan fingerprint density at radius 1 is 0.273 bits per heavy atom. The topological polar surface area (TPSA) is 78.9 Å². The van der Waals surface area contributed by atoms with Crippen LogP contribution in [0.5, 0.6) is 0 Å². The van der Waals surface area contributed by atoms with E-state index in [1.807, 2.05) is 0 Å². The van der Waals surface area contributed by atoms with Gasteiger partial charge in [-0.15, -0.1) is 0 Å². The van der Waals surface area contributed by atoms with Crippen molar-refractivity contribution < 1.29 is 28.6 Å². The summed E-state index contributed by atoms with van der Waals surface area (Å²) in [6.45, 7) is 6.50. The summed E-state index contributed by atoms with van der Waals surface area (Å²) in [5.41, 5.74) is 0. The summed E-state index contributed by atoms with van der Waals surface area (Å²) in [6.07, 6.45) is 88.1. The van der Waals surface area contributed by atoms with E-state index < -0.39 is 6.10 Å². The maximum Gasteiger partial charge on any atom is 0.306 e. The van der Waals surface area contributed by atoms with Crippen LogP contribution < -0.4 is 0 Å². The van der Waals surface area contributed by atoms with Gasteiger partial charge in [0.15, 0.2) is 6.10 Å². The molecule has 0 bridgehead atoms. The molecule has 0 aliphatic carbocycles. The van der Waals surface area contributed by atoms with E-state index in [-0.39, 0.29) is 31.1 Å². The lowest BCUT2D eigenvalue weighted by Crippen LogP contribution is -2.30. The molecule has 0 aromatic rings. The molecule has 0 heterocycles. The lowest BCUT2D eigenvalue weighted by molar-refractivity contribution is -0.167. The SMILES string of the molecule is CC/C=C\C/C=C\C/C=C\C/C=C\C/C=C\C/C=C\C/C=C\CCCCCCCCCC(=O)OCC(COC(=O)CCCCCCC/C=C\CCCCC)OC(=O)CCCCCCCCC/C=C\CCCCCCCCC. The average molecular weight is 1070 g/mol. The van der Waals surface area contributed by atoms with Crippen LogP contribution >= 0.6 is 0 Å². The van der Waals surface area contributed by atoms with Gasteiger partial charge in [0.2, 0.25) is 0 Å². The molecule has 77 heavy (non-hydrogen) atoms. The van der Waals surface area contributed by atoms with Crippen molar-refractivity contribution >= 4 is 17.9 Å². The van der Waals surface area contributed by atoms with Gasteiger partial charge in [0, 0.05) is 19.3 Å². The van der Waals surface area contributed by atoms with E-state index in [1.165, 1.54) is 148 Å². The van der Waals surface area contributed by atoms with Crippen LogP contribution in [0.15, 0.2) is 109 Å². The smallest absolute Gasteiger partial charge is 0.306 e. The first kappa shape index (κ1) is 73.1. The Labute approximate surface area is 476 Å².